The number of rotatable bonds is 3. The van der Waals surface area contributed by atoms with Gasteiger partial charge in [0.2, 0.25) is 5.91 Å². The zero-order valence-electron chi connectivity index (χ0n) is 9.99. The summed E-state index contributed by atoms with van der Waals surface area (Å²) in [6, 6.07) is 11.0. The third-order valence-electron chi connectivity index (χ3n) is 2.51. The molecule has 1 amide bonds. The number of nitrogens with two attached hydrogens (primary N) is 1. The van der Waals surface area contributed by atoms with E-state index >= 15 is 0 Å². The molecule has 0 fully saturated rings. The summed E-state index contributed by atoms with van der Waals surface area (Å²) in [6.45, 7) is 0. The maximum atomic E-state index is 13.1. The lowest BCUT2D eigenvalue weighted by Crippen LogP contribution is -2.14. The number of carbonyl (C=O) groups is 1. The summed E-state index contributed by atoms with van der Waals surface area (Å²) in [5.41, 5.74) is 6.80. The molecule has 2 aromatic rings. The largest absolute Gasteiger partial charge is 0.399 e. The van der Waals surface area contributed by atoms with Gasteiger partial charge in [-0.25, -0.2) is 4.39 Å². The van der Waals surface area contributed by atoms with Crippen LogP contribution >= 0.6 is 11.6 Å². The molecule has 0 spiro atoms. The van der Waals surface area contributed by atoms with Crippen LogP contribution in [0.25, 0.3) is 0 Å². The van der Waals surface area contributed by atoms with E-state index in [-0.39, 0.29) is 18.0 Å². The van der Waals surface area contributed by atoms with Crippen LogP contribution < -0.4 is 11.1 Å². The minimum atomic E-state index is -0.493. The van der Waals surface area contributed by atoms with Crippen molar-refractivity contribution in [1.29, 1.82) is 0 Å². The number of hydrogen-bond donors (Lipinski definition) is 2. The highest BCUT2D eigenvalue weighted by atomic mass is 35.5. The van der Waals surface area contributed by atoms with E-state index in [2.05, 4.69) is 5.32 Å². The Morgan fingerprint density at radius 1 is 1.26 bits per heavy atom. The van der Waals surface area contributed by atoms with Crippen LogP contribution in [-0.2, 0) is 11.2 Å². The molecule has 0 saturated carbocycles. The molecule has 2 rings (SSSR count). The third-order valence-corrected chi connectivity index (χ3v) is 2.88. The minimum absolute atomic E-state index is 0.121. The molecule has 0 aliphatic carbocycles. The molecule has 0 aliphatic rings. The molecular formula is C14H12ClFN2O. The summed E-state index contributed by atoms with van der Waals surface area (Å²) in [5, 5.41) is 3.11. The Balaban J connectivity index is 2.07. The maximum absolute atomic E-state index is 13.1. The number of benzene rings is 2. The van der Waals surface area contributed by atoms with Crippen molar-refractivity contribution in [2.75, 3.05) is 11.1 Å². The molecule has 3 nitrogen and oxygen atoms in total. The van der Waals surface area contributed by atoms with E-state index < -0.39 is 5.82 Å². The predicted molar refractivity (Wildman–Crippen MR) is 74.6 cm³/mol. The van der Waals surface area contributed by atoms with Gasteiger partial charge in [-0.05, 0) is 29.8 Å². The molecule has 5 heteroatoms. The van der Waals surface area contributed by atoms with Crippen LogP contribution in [0.4, 0.5) is 15.8 Å². The van der Waals surface area contributed by atoms with E-state index in [1.54, 1.807) is 24.3 Å². The standard InChI is InChI=1S/C14H12ClFN2O/c15-13-4-2-1-3-9(13)5-14(19)18-12-7-10(16)6-11(17)8-12/h1-4,6-8H,5,17H2,(H,18,19). The SMILES string of the molecule is Nc1cc(F)cc(NC(=O)Cc2ccccc2Cl)c1. The number of hydrogen-bond acceptors (Lipinski definition) is 2. The third kappa shape index (κ3) is 3.69. The van der Waals surface area contributed by atoms with Gasteiger partial charge in [-0.1, -0.05) is 29.8 Å². The van der Waals surface area contributed by atoms with Crippen molar-refractivity contribution in [3.8, 4) is 0 Å². The zero-order chi connectivity index (χ0) is 13.8. The van der Waals surface area contributed by atoms with E-state index in [9.17, 15) is 9.18 Å². The van der Waals surface area contributed by atoms with Crippen LogP contribution in [0.15, 0.2) is 42.5 Å². The molecule has 2 aromatic carbocycles. The van der Waals surface area contributed by atoms with Crippen LogP contribution in [0.5, 0.6) is 0 Å². The molecule has 3 N–H and O–H groups in total. The lowest BCUT2D eigenvalue weighted by atomic mass is 10.1. The van der Waals surface area contributed by atoms with Gasteiger partial charge in [0, 0.05) is 16.4 Å². The van der Waals surface area contributed by atoms with Gasteiger partial charge in [0.05, 0.1) is 6.42 Å². The van der Waals surface area contributed by atoms with Gasteiger partial charge in [-0.3, -0.25) is 4.79 Å². The highest BCUT2D eigenvalue weighted by Crippen LogP contribution is 2.18. The van der Waals surface area contributed by atoms with Gasteiger partial charge >= 0.3 is 0 Å². The van der Waals surface area contributed by atoms with Crippen molar-refractivity contribution < 1.29 is 9.18 Å². The van der Waals surface area contributed by atoms with Gasteiger partial charge in [0.1, 0.15) is 5.82 Å². The topological polar surface area (TPSA) is 55.1 Å². The second kappa shape index (κ2) is 5.71. The number of halogens is 2. The van der Waals surface area contributed by atoms with Crippen molar-refractivity contribution in [1.82, 2.24) is 0 Å². The molecule has 19 heavy (non-hydrogen) atoms. The average Bonchev–Trinajstić information content (AvgIpc) is 2.30. The number of carbonyl (C=O) groups excluding carboxylic acids is 1. The first-order chi connectivity index (χ1) is 9.04. The second-order valence-electron chi connectivity index (χ2n) is 4.09. The highest BCUT2D eigenvalue weighted by molar-refractivity contribution is 6.31. The van der Waals surface area contributed by atoms with Crippen LogP contribution in [0.2, 0.25) is 5.02 Å². The van der Waals surface area contributed by atoms with E-state index in [4.69, 9.17) is 17.3 Å². The van der Waals surface area contributed by atoms with Crippen molar-refractivity contribution in [3.63, 3.8) is 0 Å². The molecule has 0 saturated heterocycles. The van der Waals surface area contributed by atoms with Crippen LogP contribution in [0.3, 0.4) is 0 Å². The molecule has 0 radical (unpaired) electrons. The number of nitrogen functional groups attached to an aromatic ring is 1. The van der Waals surface area contributed by atoms with Gasteiger partial charge < -0.3 is 11.1 Å². The number of amides is 1. The Kier molecular flexibility index (Phi) is 4.02. The van der Waals surface area contributed by atoms with Crippen LogP contribution in [-0.4, -0.2) is 5.91 Å². The van der Waals surface area contributed by atoms with Crippen LogP contribution in [0.1, 0.15) is 5.56 Å². The zero-order valence-corrected chi connectivity index (χ0v) is 10.7. The summed E-state index contributed by atoms with van der Waals surface area (Å²) in [4.78, 5) is 11.8. The minimum Gasteiger partial charge on any atom is -0.399 e. The molecule has 0 heterocycles. The molecule has 98 valence electrons. The summed E-state index contributed by atoms with van der Waals surface area (Å²) >= 11 is 5.96. The molecule has 0 unspecified atom stereocenters. The van der Waals surface area contributed by atoms with Crippen molar-refractivity contribution in [2.45, 2.75) is 6.42 Å². The Hall–Kier alpha value is -2.07. The summed E-state index contributed by atoms with van der Waals surface area (Å²) in [7, 11) is 0. The molecule has 0 aliphatic heterocycles. The fraction of sp³-hybridized carbons (Fsp3) is 0.0714. The second-order valence-corrected chi connectivity index (χ2v) is 4.50. The first-order valence-electron chi connectivity index (χ1n) is 5.64. The highest BCUT2D eigenvalue weighted by Gasteiger charge is 2.08. The number of anilines is 2. The maximum Gasteiger partial charge on any atom is 0.228 e. The van der Waals surface area contributed by atoms with Crippen molar-refractivity contribution in [2.24, 2.45) is 0 Å². The van der Waals surface area contributed by atoms with Crippen LogP contribution in [0, 0.1) is 5.82 Å². The molecule has 0 aromatic heterocycles. The molecule has 0 atom stereocenters. The van der Waals surface area contributed by atoms with E-state index in [1.807, 2.05) is 0 Å². The summed E-state index contributed by atoms with van der Waals surface area (Å²) in [5.74, 6) is -0.772. The normalized spacial score (nSPS) is 10.2. The average molecular weight is 279 g/mol. The molecular weight excluding hydrogens is 267 g/mol. The fourth-order valence-electron chi connectivity index (χ4n) is 1.70. The van der Waals surface area contributed by atoms with E-state index in [0.717, 1.165) is 0 Å². The van der Waals surface area contributed by atoms with Gasteiger partial charge in [0.25, 0.3) is 0 Å². The van der Waals surface area contributed by atoms with Gasteiger partial charge in [0.15, 0.2) is 0 Å². The monoisotopic (exact) mass is 278 g/mol. The number of nitrogens with one attached hydrogen (secondary N) is 1. The van der Waals surface area contributed by atoms with Crippen molar-refractivity contribution in [3.05, 3.63) is 58.9 Å². The van der Waals surface area contributed by atoms with Gasteiger partial charge in [-0.15, -0.1) is 0 Å². The Bertz CT molecular complexity index is 596. The van der Waals surface area contributed by atoms with Crippen molar-refractivity contribution >= 4 is 28.9 Å². The lowest BCUT2D eigenvalue weighted by Gasteiger charge is -2.07. The Morgan fingerprint density at radius 2 is 2.00 bits per heavy atom. The van der Waals surface area contributed by atoms with E-state index in [0.29, 0.717) is 16.3 Å². The smallest absolute Gasteiger partial charge is 0.228 e. The quantitative estimate of drug-likeness (QED) is 0.847. The van der Waals surface area contributed by atoms with E-state index in [1.165, 1.54) is 18.2 Å². The summed E-state index contributed by atoms with van der Waals surface area (Å²) in [6.07, 6.45) is 0.121. The van der Waals surface area contributed by atoms with Gasteiger partial charge in [-0.2, -0.15) is 0 Å². The molecule has 0 bridgehead atoms. The lowest BCUT2D eigenvalue weighted by molar-refractivity contribution is -0.115. The Morgan fingerprint density at radius 3 is 2.68 bits per heavy atom. The Labute approximate surface area is 115 Å². The first kappa shape index (κ1) is 13.4. The first-order valence-corrected chi connectivity index (χ1v) is 6.02. The predicted octanol–water partition coefficient (Wildman–Crippen LogP) is 3.24. The summed E-state index contributed by atoms with van der Waals surface area (Å²) < 4.78 is 13.1. The fourth-order valence-corrected chi connectivity index (χ4v) is 1.91.